The summed E-state index contributed by atoms with van der Waals surface area (Å²) in [6, 6.07) is 8.36. The number of benzene rings is 1. The summed E-state index contributed by atoms with van der Waals surface area (Å²) in [6.45, 7) is 6.26. The number of carbonyl (C=O) groups is 1. The van der Waals surface area contributed by atoms with E-state index in [-0.39, 0.29) is 36.5 Å². The number of pyridine rings is 2. The molecule has 2 fully saturated rings. The van der Waals surface area contributed by atoms with Crippen molar-refractivity contribution in [1.82, 2.24) is 29.8 Å². The summed E-state index contributed by atoms with van der Waals surface area (Å²) in [7, 11) is 0. The molecule has 0 spiro atoms. The third kappa shape index (κ3) is 5.03. The lowest BCUT2D eigenvalue weighted by molar-refractivity contribution is -0.183. The monoisotopic (exact) mass is 551 g/mol. The SMILES string of the molecule is CC(C)(C)NC(=O)c1ccc2ccc(-c3nnc4ccc([C@@H](N5CC[C@H](N)C5)C(F)(F)F)cn34)nc2c1C1CC1. The van der Waals surface area contributed by atoms with Gasteiger partial charge in [0.05, 0.1) is 5.52 Å². The number of alkyl halides is 3. The van der Waals surface area contributed by atoms with E-state index in [0.717, 1.165) is 23.8 Å². The Hall–Kier alpha value is -3.57. The van der Waals surface area contributed by atoms with Crippen LogP contribution in [0.4, 0.5) is 13.2 Å². The van der Waals surface area contributed by atoms with E-state index in [0.29, 0.717) is 34.7 Å². The van der Waals surface area contributed by atoms with Gasteiger partial charge in [-0.1, -0.05) is 18.2 Å². The Morgan fingerprint density at radius 2 is 1.80 bits per heavy atom. The molecule has 11 heteroatoms. The summed E-state index contributed by atoms with van der Waals surface area (Å²) in [6.07, 6.45) is -0.565. The molecule has 1 aromatic carbocycles. The first-order valence-corrected chi connectivity index (χ1v) is 13.6. The fourth-order valence-corrected chi connectivity index (χ4v) is 5.63. The third-order valence-corrected chi connectivity index (χ3v) is 7.52. The predicted octanol–water partition coefficient (Wildman–Crippen LogP) is 4.99. The van der Waals surface area contributed by atoms with Crippen LogP contribution in [0.15, 0.2) is 42.6 Å². The van der Waals surface area contributed by atoms with Gasteiger partial charge in [0, 0.05) is 41.8 Å². The Kier molecular flexibility index (Phi) is 6.34. The van der Waals surface area contributed by atoms with E-state index < -0.39 is 17.8 Å². The Labute approximate surface area is 229 Å². The number of halogens is 3. The van der Waals surface area contributed by atoms with Gasteiger partial charge in [-0.3, -0.25) is 14.1 Å². The van der Waals surface area contributed by atoms with Gasteiger partial charge in [-0.2, -0.15) is 13.2 Å². The molecule has 6 rings (SSSR count). The topological polar surface area (TPSA) is 101 Å². The van der Waals surface area contributed by atoms with Crippen LogP contribution >= 0.6 is 0 Å². The van der Waals surface area contributed by atoms with Crippen LogP contribution in [0.5, 0.6) is 0 Å². The minimum absolute atomic E-state index is 0.0933. The lowest BCUT2D eigenvalue weighted by atomic mass is 9.97. The number of likely N-dealkylation sites (tertiary alicyclic amines) is 1. The van der Waals surface area contributed by atoms with Gasteiger partial charge in [0.25, 0.3) is 5.91 Å². The summed E-state index contributed by atoms with van der Waals surface area (Å²) in [4.78, 5) is 19.5. The number of aromatic nitrogens is 4. The highest BCUT2D eigenvalue weighted by Gasteiger charge is 2.46. The number of hydrogen-bond acceptors (Lipinski definition) is 6. The lowest BCUT2D eigenvalue weighted by Gasteiger charge is -2.30. The smallest absolute Gasteiger partial charge is 0.347 e. The number of nitrogens with one attached hydrogen (secondary N) is 1. The van der Waals surface area contributed by atoms with Crippen molar-refractivity contribution in [1.29, 1.82) is 0 Å². The molecule has 0 bridgehead atoms. The van der Waals surface area contributed by atoms with Crippen molar-refractivity contribution in [3.05, 3.63) is 59.3 Å². The maximum absolute atomic E-state index is 14.3. The van der Waals surface area contributed by atoms with Crippen molar-refractivity contribution < 1.29 is 18.0 Å². The fourth-order valence-electron chi connectivity index (χ4n) is 5.63. The molecule has 1 aliphatic carbocycles. The summed E-state index contributed by atoms with van der Waals surface area (Å²) in [5.74, 6) is 0.415. The van der Waals surface area contributed by atoms with E-state index in [1.807, 2.05) is 39.0 Å². The summed E-state index contributed by atoms with van der Waals surface area (Å²) in [5.41, 5.74) is 8.72. The molecule has 0 unspecified atom stereocenters. The van der Waals surface area contributed by atoms with E-state index in [4.69, 9.17) is 10.7 Å². The first-order chi connectivity index (χ1) is 18.9. The molecule has 1 saturated carbocycles. The zero-order valence-corrected chi connectivity index (χ0v) is 22.7. The Bertz CT molecular complexity index is 1600. The first kappa shape index (κ1) is 26.6. The van der Waals surface area contributed by atoms with Gasteiger partial charge in [-0.25, -0.2) is 4.98 Å². The molecule has 1 saturated heterocycles. The number of hydrogen-bond donors (Lipinski definition) is 2. The molecular weight excluding hydrogens is 519 g/mol. The lowest BCUT2D eigenvalue weighted by Crippen LogP contribution is -2.41. The van der Waals surface area contributed by atoms with E-state index in [1.54, 1.807) is 16.5 Å². The highest BCUT2D eigenvalue weighted by Crippen LogP contribution is 2.45. The predicted molar refractivity (Wildman–Crippen MR) is 146 cm³/mol. The van der Waals surface area contributed by atoms with Crippen LogP contribution in [0.1, 0.15) is 73.5 Å². The van der Waals surface area contributed by atoms with Crippen molar-refractivity contribution in [2.24, 2.45) is 5.73 Å². The van der Waals surface area contributed by atoms with E-state index in [1.165, 1.54) is 17.2 Å². The molecule has 8 nitrogen and oxygen atoms in total. The van der Waals surface area contributed by atoms with Gasteiger partial charge in [0.15, 0.2) is 11.5 Å². The summed E-state index contributed by atoms with van der Waals surface area (Å²) in [5, 5.41) is 12.4. The molecule has 210 valence electrons. The normalized spacial score (nSPS) is 19.4. The number of fused-ring (bicyclic) bond motifs is 2. The summed E-state index contributed by atoms with van der Waals surface area (Å²) >= 11 is 0. The average Bonchev–Trinajstić information content (AvgIpc) is 3.49. The van der Waals surface area contributed by atoms with Crippen molar-refractivity contribution in [3.63, 3.8) is 0 Å². The minimum atomic E-state index is -4.48. The van der Waals surface area contributed by atoms with Crippen LogP contribution < -0.4 is 11.1 Å². The van der Waals surface area contributed by atoms with Gasteiger partial charge in [-0.05, 0) is 75.3 Å². The standard InChI is InChI=1S/C29H32F3N7O/c1-28(2,3)35-27(40)20-9-6-17-7-10-21(34-24(17)23(20)16-4-5-16)26-37-36-22-11-8-18(14-39(22)26)25(29(30,31)32)38-13-12-19(33)15-38/h6-11,14,16,19,25H,4-5,12-13,15,33H2,1-3H3,(H,35,40)/t19-,25+/m0/s1. The largest absolute Gasteiger partial charge is 0.408 e. The number of amides is 1. The molecule has 4 heterocycles. The zero-order chi connectivity index (χ0) is 28.4. The molecule has 2 atom stereocenters. The van der Waals surface area contributed by atoms with E-state index in [2.05, 4.69) is 15.5 Å². The molecule has 4 aromatic rings. The van der Waals surface area contributed by atoms with Gasteiger partial charge in [0.1, 0.15) is 11.7 Å². The molecule has 3 aromatic heterocycles. The van der Waals surface area contributed by atoms with Crippen LogP contribution in [-0.4, -0.2) is 61.2 Å². The van der Waals surface area contributed by atoms with Crippen molar-refractivity contribution >= 4 is 22.5 Å². The van der Waals surface area contributed by atoms with Crippen LogP contribution in [0, 0.1) is 0 Å². The van der Waals surface area contributed by atoms with Crippen molar-refractivity contribution in [2.75, 3.05) is 13.1 Å². The maximum Gasteiger partial charge on any atom is 0.408 e. The van der Waals surface area contributed by atoms with Crippen molar-refractivity contribution in [2.45, 2.75) is 69.8 Å². The van der Waals surface area contributed by atoms with Crippen LogP contribution in [0.3, 0.4) is 0 Å². The minimum Gasteiger partial charge on any atom is -0.347 e. The second-order valence-electron chi connectivity index (χ2n) is 12.0. The third-order valence-electron chi connectivity index (χ3n) is 7.52. The molecule has 40 heavy (non-hydrogen) atoms. The van der Waals surface area contributed by atoms with Crippen LogP contribution in [0.2, 0.25) is 0 Å². The molecular formula is C29H32F3N7O. The van der Waals surface area contributed by atoms with Crippen molar-refractivity contribution in [3.8, 4) is 11.5 Å². The Morgan fingerprint density at radius 1 is 1.05 bits per heavy atom. The Balaban J connectivity index is 1.45. The Morgan fingerprint density at radius 3 is 2.45 bits per heavy atom. The summed E-state index contributed by atoms with van der Waals surface area (Å²) < 4.78 is 44.4. The second kappa shape index (κ2) is 9.52. The molecule has 2 aliphatic rings. The molecule has 1 aliphatic heterocycles. The molecule has 0 radical (unpaired) electrons. The second-order valence-corrected chi connectivity index (χ2v) is 12.0. The van der Waals surface area contributed by atoms with Gasteiger partial charge >= 0.3 is 6.18 Å². The van der Waals surface area contributed by atoms with Gasteiger partial charge in [-0.15, -0.1) is 10.2 Å². The fraction of sp³-hybridized carbons (Fsp3) is 0.448. The van der Waals surface area contributed by atoms with Crippen LogP contribution in [0.25, 0.3) is 28.1 Å². The number of rotatable bonds is 5. The highest BCUT2D eigenvalue weighted by molar-refractivity contribution is 6.01. The number of nitrogens with two attached hydrogens (primary N) is 1. The average molecular weight is 552 g/mol. The zero-order valence-electron chi connectivity index (χ0n) is 22.7. The highest BCUT2D eigenvalue weighted by atomic mass is 19.4. The quantitative estimate of drug-likeness (QED) is 0.363. The van der Waals surface area contributed by atoms with Gasteiger partial charge in [0.2, 0.25) is 0 Å². The number of carbonyl (C=O) groups excluding carboxylic acids is 1. The first-order valence-electron chi connectivity index (χ1n) is 13.6. The number of nitrogens with zero attached hydrogens (tertiary/aromatic N) is 5. The van der Waals surface area contributed by atoms with Gasteiger partial charge < -0.3 is 11.1 Å². The van der Waals surface area contributed by atoms with E-state index >= 15 is 0 Å². The van der Waals surface area contributed by atoms with Crippen LogP contribution in [-0.2, 0) is 0 Å². The molecule has 1 amide bonds. The molecule has 3 N–H and O–H groups in total. The maximum atomic E-state index is 14.3. The van der Waals surface area contributed by atoms with E-state index in [9.17, 15) is 18.0 Å².